The molecule has 4 heteroatoms. The smallest absolute Gasteiger partial charge is 0.227 e. The molecule has 0 spiro atoms. The Kier molecular flexibility index (Phi) is 4.02. The first-order valence-corrected chi connectivity index (χ1v) is 6.28. The van der Waals surface area contributed by atoms with Crippen LogP contribution in [0.2, 0.25) is 5.02 Å². The molecule has 1 amide bonds. The molecule has 0 atom stereocenters. The van der Waals surface area contributed by atoms with E-state index >= 15 is 0 Å². The van der Waals surface area contributed by atoms with Gasteiger partial charge in [0.2, 0.25) is 5.91 Å². The lowest BCUT2D eigenvalue weighted by Gasteiger charge is -2.27. The van der Waals surface area contributed by atoms with Crippen LogP contribution in [0.15, 0.2) is 18.2 Å². The first kappa shape index (κ1) is 12.4. The van der Waals surface area contributed by atoms with Gasteiger partial charge in [0, 0.05) is 31.2 Å². The van der Waals surface area contributed by atoms with Crippen molar-refractivity contribution in [3.05, 3.63) is 34.3 Å². The molecule has 1 aromatic rings. The third-order valence-electron chi connectivity index (χ3n) is 3.05. The summed E-state index contributed by atoms with van der Waals surface area (Å²) < 4.78 is 0. The summed E-state index contributed by atoms with van der Waals surface area (Å²) >= 11 is 5.96. The van der Waals surface area contributed by atoms with Gasteiger partial charge in [-0.05, 0) is 24.1 Å². The zero-order valence-electron chi connectivity index (χ0n) is 10.0. The minimum Gasteiger partial charge on any atom is -0.340 e. The lowest BCUT2D eigenvalue weighted by atomic mass is 10.1. The Morgan fingerprint density at radius 2 is 2.12 bits per heavy atom. The van der Waals surface area contributed by atoms with E-state index in [-0.39, 0.29) is 5.91 Å². The van der Waals surface area contributed by atoms with Crippen molar-refractivity contribution in [3.63, 3.8) is 0 Å². The molecule has 0 radical (unpaired) electrons. The number of hydrogen-bond acceptors (Lipinski definition) is 2. The molecule has 17 heavy (non-hydrogen) atoms. The van der Waals surface area contributed by atoms with Crippen LogP contribution in [0.25, 0.3) is 0 Å². The second kappa shape index (κ2) is 5.52. The number of carbonyl (C=O) groups excluding carboxylic acids is 1. The molecule has 1 fully saturated rings. The van der Waals surface area contributed by atoms with Crippen LogP contribution in [-0.2, 0) is 11.2 Å². The third kappa shape index (κ3) is 3.20. The maximum absolute atomic E-state index is 12.0. The van der Waals surface area contributed by atoms with Gasteiger partial charge in [0.25, 0.3) is 0 Å². The van der Waals surface area contributed by atoms with Crippen molar-refractivity contribution >= 4 is 17.5 Å². The molecule has 0 aromatic heterocycles. The molecule has 1 aliphatic heterocycles. The van der Waals surface area contributed by atoms with Crippen LogP contribution < -0.4 is 5.32 Å². The van der Waals surface area contributed by atoms with Crippen molar-refractivity contribution in [3.8, 4) is 0 Å². The van der Waals surface area contributed by atoms with Gasteiger partial charge in [0.15, 0.2) is 0 Å². The van der Waals surface area contributed by atoms with Crippen LogP contribution in [0.4, 0.5) is 0 Å². The van der Waals surface area contributed by atoms with E-state index in [0.717, 1.165) is 42.3 Å². The molecule has 0 saturated carbocycles. The lowest BCUT2D eigenvalue weighted by Crippen LogP contribution is -2.46. The van der Waals surface area contributed by atoms with Crippen LogP contribution in [-0.4, -0.2) is 37.0 Å². The van der Waals surface area contributed by atoms with Crippen LogP contribution in [0.3, 0.4) is 0 Å². The van der Waals surface area contributed by atoms with E-state index < -0.39 is 0 Å². The van der Waals surface area contributed by atoms with Crippen molar-refractivity contribution in [1.82, 2.24) is 10.2 Å². The van der Waals surface area contributed by atoms with E-state index in [9.17, 15) is 4.79 Å². The number of amides is 1. The Labute approximate surface area is 107 Å². The summed E-state index contributed by atoms with van der Waals surface area (Å²) in [6.07, 6.45) is 0.470. The molecule has 2 rings (SSSR count). The molecule has 1 saturated heterocycles. The fourth-order valence-corrected chi connectivity index (χ4v) is 2.13. The van der Waals surface area contributed by atoms with Gasteiger partial charge in [-0.3, -0.25) is 4.79 Å². The van der Waals surface area contributed by atoms with E-state index in [4.69, 9.17) is 11.6 Å². The number of hydrogen-bond donors (Lipinski definition) is 1. The summed E-state index contributed by atoms with van der Waals surface area (Å²) in [6.45, 7) is 5.37. The normalized spacial score (nSPS) is 16.0. The maximum atomic E-state index is 12.0. The van der Waals surface area contributed by atoms with Gasteiger partial charge in [-0.25, -0.2) is 0 Å². The Balaban J connectivity index is 1.99. The average Bonchev–Trinajstić information content (AvgIpc) is 2.35. The zero-order valence-corrected chi connectivity index (χ0v) is 10.8. The number of halogens is 1. The van der Waals surface area contributed by atoms with Gasteiger partial charge in [0.05, 0.1) is 6.42 Å². The summed E-state index contributed by atoms with van der Waals surface area (Å²) in [5.74, 6) is 0.202. The first-order chi connectivity index (χ1) is 8.16. The van der Waals surface area contributed by atoms with E-state index in [1.165, 1.54) is 0 Å². The predicted molar refractivity (Wildman–Crippen MR) is 69.3 cm³/mol. The molecular weight excluding hydrogens is 236 g/mol. The molecule has 0 bridgehead atoms. The Morgan fingerprint density at radius 1 is 1.41 bits per heavy atom. The van der Waals surface area contributed by atoms with Crippen molar-refractivity contribution in [2.45, 2.75) is 13.3 Å². The van der Waals surface area contributed by atoms with Gasteiger partial charge >= 0.3 is 0 Å². The van der Waals surface area contributed by atoms with E-state index in [1.807, 2.05) is 30.0 Å². The van der Waals surface area contributed by atoms with Gasteiger partial charge in [-0.1, -0.05) is 23.7 Å². The summed E-state index contributed by atoms with van der Waals surface area (Å²) in [5.41, 5.74) is 2.06. The highest BCUT2D eigenvalue weighted by Gasteiger charge is 2.16. The summed E-state index contributed by atoms with van der Waals surface area (Å²) in [7, 11) is 0. The number of nitrogens with zero attached hydrogens (tertiary/aromatic N) is 1. The number of benzene rings is 1. The maximum Gasteiger partial charge on any atom is 0.227 e. The fourth-order valence-electron chi connectivity index (χ4n) is 2.02. The van der Waals surface area contributed by atoms with E-state index in [1.54, 1.807) is 0 Å². The van der Waals surface area contributed by atoms with Crippen molar-refractivity contribution in [2.75, 3.05) is 26.2 Å². The molecule has 3 nitrogen and oxygen atoms in total. The first-order valence-electron chi connectivity index (χ1n) is 5.90. The zero-order chi connectivity index (χ0) is 12.3. The highest BCUT2D eigenvalue weighted by molar-refractivity contribution is 6.31. The van der Waals surface area contributed by atoms with Crippen LogP contribution >= 0.6 is 11.6 Å². The van der Waals surface area contributed by atoms with Crippen molar-refractivity contribution in [2.24, 2.45) is 0 Å². The second-order valence-corrected chi connectivity index (χ2v) is 4.80. The van der Waals surface area contributed by atoms with Crippen molar-refractivity contribution < 1.29 is 4.79 Å². The minimum atomic E-state index is 0.202. The molecule has 1 N–H and O–H groups in total. The summed E-state index contributed by atoms with van der Waals surface area (Å²) in [6, 6.07) is 5.77. The van der Waals surface area contributed by atoms with Gasteiger partial charge < -0.3 is 10.2 Å². The second-order valence-electron chi connectivity index (χ2n) is 4.39. The Morgan fingerprint density at radius 3 is 2.76 bits per heavy atom. The number of rotatable bonds is 2. The molecule has 92 valence electrons. The lowest BCUT2D eigenvalue weighted by molar-refractivity contribution is -0.131. The number of carbonyl (C=O) groups is 1. The SMILES string of the molecule is Cc1cc(CC(=O)N2CCNCC2)ccc1Cl. The number of aryl methyl sites for hydroxylation is 1. The molecule has 0 unspecified atom stereocenters. The average molecular weight is 253 g/mol. The predicted octanol–water partition coefficient (Wildman–Crippen LogP) is 1.62. The fraction of sp³-hybridized carbons (Fsp3) is 0.462. The van der Waals surface area contributed by atoms with Gasteiger partial charge in [0.1, 0.15) is 0 Å². The largest absolute Gasteiger partial charge is 0.340 e. The van der Waals surface area contributed by atoms with E-state index in [0.29, 0.717) is 6.42 Å². The highest BCUT2D eigenvalue weighted by Crippen LogP contribution is 2.17. The topological polar surface area (TPSA) is 32.3 Å². The Hall–Kier alpha value is -1.06. The van der Waals surface area contributed by atoms with E-state index in [2.05, 4.69) is 5.32 Å². The summed E-state index contributed by atoms with van der Waals surface area (Å²) in [4.78, 5) is 13.9. The van der Waals surface area contributed by atoms with Crippen LogP contribution in [0.1, 0.15) is 11.1 Å². The minimum absolute atomic E-state index is 0.202. The monoisotopic (exact) mass is 252 g/mol. The highest BCUT2D eigenvalue weighted by atomic mass is 35.5. The molecule has 0 aliphatic carbocycles. The number of nitrogens with one attached hydrogen (secondary N) is 1. The Bertz CT molecular complexity index is 414. The van der Waals surface area contributed by atoms with Gasteiger partial charge in [-0.2, -0.15) is 0 Å². The summed E-state index contributed by atoms with van der Waals surface area (Å²) in [5, 5.41) is 3.99. The quantitative estimate of drug-likeness (QED) is 0.868. The van der Waals surface area contributed by atoms with Crippen LogP contribution in [0.5, 0.6) is 0 Å². The third-order valence-corrected chi connectivity index (χ3v) is 3.47. The standard InChI is InChI=1S/C13H17ClN2O/c1-10-8-11(2-3-12(10)14)9-13(17)16-6-4-15-5-7-16/h2-3,8,15H,4-7,9H2,1H3. The van der Waals surface area contributed by atoms with Crippen molar-refractivity contribution in [1.29, 1.82) is 0 Å². The number of piperazine rings is 1. The molecule has 1 aliphatic rings. The molecule has 1 aromatic carbocycles. The van der Waals surface area contributed by atoms with Gasteiger partial charge in [-0.15, -0.1) is 0 Å². The molecular formula is C13H17ClN2O. The van der Waals surface area contributed by atoms with Crippen LogP contribution in [0, 0.1) is 6.92 Å². The molecule has 1 heterocycles.